The molecule has 6 heteroatoms. The van der Waals surface area contributed by atoms with Gasteiger partial charge in [-0.05, 0) is 48.1 Å². The Kier molecular flexibility index (Phi) is 6.09. The third-order valence-corrected chi connectivity index (χ3v) is 4.57. The molecule has 148 valence electrons. The average molecular weight is 383 g/mol. The van der Waals surface area contributed by atoms with Crippen LogP contribution in [0.1, 0.15) is 18.1 Å². The molecule has 1 aromatic heterocycles. The van der Waals surface area contributed by atoms with Crippen LogP contribution in [0.15, 0.2) is 36.7 Å². The van der Waals surface area contributed by atoms with Gasteiger partial charge in [0.05, 0.1) is 35.0 Å². The van der Waals surface area contributed by atoms with Crippen molar-refractivity contribution in [2.24, 2.45) is 0 Å². The monoisotopic (exact) mass is 383 g/mol. The molecule has 0 atom stereocenters. The van der Waals surface area contributed by atoms with Crippen LogP contribution in [0.25, 0.3) is 10.8 Å². The van der Waals surface area contributed by atoms with Crippen molar-refractivity contribution in [1.82, 2.24) is 4.98 Å². The number of fused-ring (bicyclic) bond motifs is 1. The maximum atomic E-state index is 5.69. The van der Waals surface area contributed by atoms with Gasteiger partial charge in [0, 0.05) is 17.8 Å². The van der Waals surface area contributed by atoms with Crippen molar-refractivity contribution >= 4 is 10.8 Å². The van der Waals surface area contributed by atoms with Gasteiger partial charge in [-0.1, -0.05) is 6.07 Å². The SMILES string of the molecule is CCOc1c(OC)cc(Cc2cncc3c(OC)c(OC)ccc23)cc1OC. The summed E-state index contributed by atoms with van der Waals surface area (Å²) in [6, 6.07) is 7.86. The summed E-state index contributed by atoms with van der Waals surface area (Å²) >= 11 is 0. The van der Waals surface area contributed by atoms with E-state index in [1.807, 2.05) is 37.4 Å². The average Bonchev–Trinajstić information content (AvgIpc) is 2.73. The highest BCUT2D eigenvalue weighted by Gasteiger charge is 2.16. The molecule has 3 rings (SSSR count). The lowest BCUT2D eigenvalue weighted by atomic mass is 9.99. The highest BCUT2D eigenvalue weighted by molar-refractivity contribution is 5.92. The molecule has 2 aromatic carbocycles. The molecule has 0 aliphatic rings. The zero-order valence-electron chi connectivity index (χ0n) is 16.9. The molecule has 0 bridgehead atoms. The first-order valence-electron chi connectivity index (χ1n) is 9.02. The molecule has 0 radical (unpaired) electrons. The van der Waals surface area contributed by atoms with Crippen molar-refractivity contribution in [3.63, 3.8) is 0 Å². The predicted octanol–water partition coefficient (Wildman–Crippen LogP) is 4.26. The van der Waals surface area contributed by atoms with Gasteiger partial charge in [0.15, 0.2) is 23.0 Å². The summed E-state index contributed by atoms with van der Waals surface area (Å²) in [5.74, 6) is 3.25. The Morgan fingerprint density at radius 2 is 1.43 bits per heavy atom. The molecular weight excluding hydrogens is 358 g/mol. The van der Waals surface area contributed by atoms with Crippen LogP contribution < -0.4 is 23.7 Å². The normalized spacial score (nSPS) is 10.6. The number of rotatable bonds is 8. The van der Waals surface area contributed by atoms with Crippen molar-refractivity contribution in [2.45, 2.75) is 13.3 Å². The second-order valence-electron chi connectivity index (χ2n) is 6.13. The van der Waals surface area contributed by atoms with Gasteiger partial charge in [-0.15, -0.1) is 0 Å². The minimum atomic E-state index is 0.529. The van der Waals surface area contributed by atoms with Gasteiger partial charge in [0.25, 0.3) is 0 Å². The molecule has 0 spiro atoms. The van der Waals surface area contributed by atoms with E-state index in [1.54, 1.807) is 34.6 Å². The zero-order valence-corrected chi connectivity index (χ0v) is 16.9. The van der Waals surface area contributed by atoms with Gasteiger partial charge < -0.3 is 23.7 Å². The first-order chi connectivity index (χ1) is 13.7. The van der Waals surface area contributed by atoms with Crippen LogP contribution in [0, 0.1) is 0 Å². The Morgan fingerprint density at radius 1 is 0.750 bits per heavy atom. The minimum absolute atomic E-state index is 0.529. The summed E-state index contributed by atoms with van der Waals surface area (Å²) in [7, 11) is 6.50. The second kappa shape index (κ2) is 8.69. The van der Waals surface area contributed by atoms with E-state index in [2.05, 4.69) is 4.98 Å². The van der Waals surface area contributed by atoms with Gasteiger partial charge in [0.2, 0.25) is 5.75 Å². The highest BCUT2D eigenvalue weighted by atomic mass is 16.5. The Labute approximate surface area is 165 Å². The van der Waals surface area contributed by atoms with Crippen molar-refractivity contribution in [2.75, 3.05) is 35.0 Å². The van der Waals surface area contributed by atoms with Crippen LogP contribution in [0.2, 0.25) is 0 Å². The van der Waals surface area contributed by atoms with Crippen LogP contribution in [0.3, 0.4) is 0 Å². The molecule has 0 N–H and O–H groups in total. The number of nitrogens with zero attached hydrogens (tertiary/aromatic N) is 1. The number of hydrogen-bond donors (Lipinski definition) is 0. The summed E-state index contributed by atoms with van der Waals surface area (Å²) in [5, 5.41) is 1.96. The molecule has 0 aliphatic heterocycles. The lowest BCUT2D eigenvalue weighted by Crippen LogP contribution is -2.01. The van der Waals surface area contributed by atoms with Crippen molar-refractivity contribution in [3.05, 3.63) is 47.8 Å². The zero-order chi connectivity index (χ0) is 20.1. The summed E-state index contributed by atoms with van der Waals surface area (Å²) in [6.45, 7) is 2.46. The number of pyridine rings is 1. The van der Waals surface area contributed by atoms with E-state index < -0.39 is 0 Å². The molecule has 0 unspecified atom stereocenters. The first kappa shape index (κ1) is 19.6. The number of methoxy groups -OCH3 is 4. The van der Waals surface area contributed by atoms with E-state index >= 15 is 0 Å². The van der Waals surface area contributed by atoms with Gasteiger partial charge in [-0.3, -0.25) is 4.98 Å². The summed E-state index contributed by atoms with van der Waals surface area (Å²) in [4.78, 5) is 4.40. The lowest BCUT2D eigenvalue weighted by molar-refractivity contribution is 0.288. The number of ether oxygens (including phenoxy) is 5. The maximum absolute atomic E-state index is 5.69. The van der Waals surface area contributed by atoms with Gasteiger partial charge in [-0.2, -0.15) is 0 Å². The Hall–Kier alpha value is -3.15. The largest absolute Gasteiger partial charge is 0.493 e. The standard InChI is InChI=1S/C22H25NO5/c1-6-28-22-19(25-3)10-14(11-20(22)26-4)9-15-12-23-13-17-16(15)7-8-18(24-2)21(17)27-5/h7-8,10-13H,6,9H2,1-5H3. The van der Waals surface area contributed by atoms with Crippen LogP contribution in [0.4, 0.5) is 0 Å². The fourth-order valence-corrected chi connectivity index (χ4v) is 3.31. The molecule has 6 nitrogen and oxygen atoms in total. The summed E-state index contributed by atoms with van der Waals surface area (Å²) < 4.78 is 27.7. The topological polar surface area (TPSA) is 59.0 Å². The number of hydrogen-bond acceptors (Lipinski definition) is 6. The third kappa shape index (κ3) is 3.63. The van der Waals surface area contributed by atoms with E-state index in [4.69, 9.17) is 23.7 Å². The molecule has 0 fully saturated rings. The molecule has 0 saturated carbocycles. The molecule has 0 saturated heterocycles. The van der Waals surface area contributed by atoms with Gasteiger partial charge in [-0.25, -0.2) is 0 Å². The Morgan fingerprint density at radius 3 is 2.00 bits per heavy atom. The van der Waals surface area contributed by atoms with E-state index in [0.29, 0.717) is 41.8 Å². The third-order valence-electron chi connectivity index (χ3n) is 4.57. The summed E-state index contributed by atoms with van der Waals surface area (Å²) in [5.41, 5.74) is 2.09. The Balaban J connectivity index is 2.08. The highest BCUT2D eigenvalue weighted by Crippen LogP contribution is 2.40. The van der Waals surface area contributed by atoms with E-state index in [-0.39, 0.29) is 0 Å². The molecule has 28 heavy (non-hydrogen) atoms. The fourth-order valence-electron chi connectivity index (χ4n) is 3.31. The second-order valence-corrected chi connectivity index (χ2v) is 6.13. The number of benzene rings is 2. The molecule has 3 aromatic rings. The molecular formula is C22H25NO5. The van der Waals surface area contributed by atoms with Gasteiger partial charge in [0.1, 0.15) is 0 Å². The number of aromatic nitrogens is 1. The van der Waals surface area contributed by atoms with Crippen LogP contribution >= 0.6 is 0 Å². The fraction of sp³-hybridized carbons (Fsp3) is 0.318. The van der Waals surface area contributed by atoms with Crippen molar-refractivity contribution < 1.29 is 23.7 Å². The molecule has 1 heterocycles. The Bertz CT molecular complexity index is 946. The molecule has 0 amide bonds. The quantitative estimate of drug-likeness (QED) is 0.579. The van der Waals surface area contributed by atoms with E-state index in [9.17, 15) is 0 Å². The summed E-state index contributed by atoms with van der Waals surface area (Å²) in [6.07, 6.45) is 4.31. The van der Waals surface area contributed by atoms with Crippen molar-refractivity contribution in [3.8, 4) is 28.7 Å². The minimum Gasteiger partial charge on any atom is -0.493 e. The van der Waals surface area contributed by atoms with Crippen LogP contribution in [-0.4, -0.2) is 40.0 Å². The predicted molar refractivity (Wildman–Crippen MR) is 108 cm³/mol. The lowest BCUT2D eigenvalue weighted by Gasteiger charge is -2.16. The van der Waals surface area contributed by atoms with E-state index in [1.165, 1.54) is 0 Å². The van der Waals surface area contributed by atoms with Gasteiger partial charge >= 0.3 is 0 Å². The van der Waals surface area contributed by atoms with Crippen LogP contribution in [-0.2, 0) is 6.42 Å². The van der Waals surface area contributed by atoms with E-state index in [0.717, 1.165) is 21.9 Å². The smallest absolute Gasteiger partial charge is 0.203 e. The molecule has 0 aliphatic carbocycles. The maximum Gasteiger partial charge on any atom is 0.203 e. The van der Waals surface area contributed by atoms with Crippen LogP contribution in [0.5, 0.6) is 28.7 Å². The van der Waals surface area contributed by atoms with Crippen molar-refractivity contribution in [1.29, 1.82) is 0 Å². The first-order valence-corrected chi connectivity index (χ1v) is 9.02.